The van der Waals surface area contributed by atoms with Crippen molar-refractivity contribution >= 4 is 12.2 Å². The van der Waals surface area contributed by atoms with Gasteiger partial charge < -0.3 is 13.9 Å². The summed E-state index contributed by atoms with van der Waals surface area (Å²) in [6, 6.07) is 3.45. The van der Waals surface area contributed by atoms with Crippen molar-refractivity contribution in [3.8, 4) is 5.75 Å². The van der Waals surface area contributed by atoms with Crippen molar-refractivity contribution in [2.75, 3.05) is 0 Å². The fourth-order valence-corrected chi connectivity index (χ4v) is 1.36. The molecule has 0 saturated heterocycles. The van der Waals surface area contributed by atoms with Crippen LogP contribution in [-0.4, -0.2) is 6.29 Å². The summed E-state index contributed by atoms with van der Waals surface area (Å²) in [4.78, 5) is 0. The second kappa shape index (κ2) is 3.90. The van der Waals surface area contributed by atoms with E-state index in [4.69, 9.17) is 26.1 Å². The number of hydrogen-bond acceptors (Lipinski definition) is 4. The van der Waals surface area contributed by atoms with Gasteiger partial charge in [-0.15, -0.1) is 0 Å². The van der Waals surface area contributed by atoms with Crippen LogP contribution in [0.5, 0.6) is 5.75 Å². The van der Waals surface area contributed by atoms with Gasteiger partial charge in [-0.25, -0.2) is 0 Å². The molecular weight excluding hydrogens is 212 g/mol. The van der Waals surface area contributed by atoms with Gasteiger partial charge in [-0.05, 0) is 36.8 Å². The summed E-state index contributed by atoms with van der Waals surface area (Å²) in [7, 11) is 0. The van der Waals surface area contributed by atoms with Crippen LogP contribution in [0.1, 0.15) is 6.92 Å². The fourth-order valence-electron chi connectivity index (χ4n) is 1.19. The predicted octanol–water partition coefficient (Wildman–Crippen LogP) is 3.20. The Morgan fingerprint density at radius 1 is 1.53 bits per heavy atom. The average molecular weight is 222 g/mol. The SMILES string of the molecule is C=C1OC(Oc2cccoc2=S)C=C1C. The molecular formula is C11H10O3S. The summed E-state index contributed by atoms with van der Waals surface area (Å²) in [6.07, 6.45) is 2.88. The Labute approximate surface area is 92.6 Å². The first-order chi connectivity index (χ1) is 7.16. The molecule has 0 bridgehead atoms. The third kappa shape index (κ3) is 2.10. The largest absolute Gasteiger partial charge is 0.451 e. The Balaban J connectivity index is 2.15. The lowest BCUT2D eigenvalue weighted by molar-refractivity contribution is 0.00890. The molecule has 0 N–H and O–H groups in total. The van der Waals surface area contributed by atoms with Crippen molar-refractivity contribution in [2.24, 2.45) is 0 Å². The molecule has 0 fully saturated rings. The molecule has 2 rings (SSSR count). The molecule has 4 heteroatoms. The lowest BCUT2D eigenvalue weighted by Gasteiger charge is -2.11. The van der Waals surface area contributed by atoms with Crippen LogP contribution in [0.3, 0.4) is 0 Å². The lowest BCUT2D eigenvalue weighted by atomic mass is 10.3. The number of ether oxygens (including phenoxy) is 2. The monoisotopic (exact) mass is 222 g/mol. The molecule has 0 spiro atoms. The molecule has 3 nitrogen and oxygen atoms in total. The van der Waals surface area contributed by atoms with Gasteiger partial charge in [0.2, 0.25) is 4.71 Å². The normalized spacial score (nSPS) is 19.7. The Bertz CT molecular complexity index is 473. The summed E-state index contributed by atoms with van der Waals surface area (Å²) in [5.74, 6) is 1.12. The molecule has 1 aliphatic rings. The van der Waals surface area contributed by atoms with E-state index in [9.17, 15) is 0 Å². The minimum Gasteiger partial charge on any atom is -0.451 e. The van der Waals surface area contributed by atoms with Gasteiger partial charge in [0, 0.05) is 6.08 Å². The van der Waals surface area contributed by atoms with E-state index >= 15 is 0 Å². The molecule has 0 amide bonds. The summed E-state index contributed by atoms with van der Waals surface area (Å²) < 4.78 is 16.1. The quantitative estimate of drug-likeness (QED) is 0.719. The van der Waals surface area contributed by atoms with E-state index in [-0.39, 0.29) is 0 Å². The van der Waals surface area contributed by atoms with E-state index in [0.29, 0.717) is 16.2 Å². The minimum absolute atomic E-state index is 0.310. The van der Waals surface area contributed by atoms with Crippen LogP contribution in [0, 0.1) is 4.71 Å². The van der Waals surface area contributed by atoms with E-state index in [1.807, 2.05) is 13.0 Å². The van der Waals surface area contributed by atoms with Crippen molar-refractivity contribution in [1.29, 1.82) is 0 Å². The van der Waals surface area contributed by atoms with E-state index in [2.05, 4.69) is 6.58 Å². The van der Waals surface area contributed by atoms with E-state index in [0.717, 1.165) is 5.57 Å². The van der Waals surface area contributed by atoms with Crippen molar-refractivity contribution in [2.45, 2.75) is 13.2 Å². The Morgan fingerprint density at radius 3 is 2.93 bits per heavy atom. The molecule has 0 radical (unpaired) electrons. The van der Waals surface area contributed by atoms with Gasteiger partial charge >= 0.3 is 0 Å². The van der Waals surface area contributed by atoms with Crippen molar-refractivity contribution in [1.82, 2.24) is 0 Å². The maximum Gasteiger partial charge on any atom is 0.261 e. The first-order valence-electron chi connectivity index (χ1n) is 4.45. The van der Waals surface area contributed by atoms with Crippen LogP contribution in [-0.2, 0) is 4.74 Å². The van der Waals surface area contributed by atoms with Crippen molar-refractivity contribution < 1.29 is 13.9 Å². The molecule has 1 aromatic heterocycles. The van der Waals surface area contributed by atoms with Crippen LogP contribution < -0.4 is 4.74 Å². The molecule has 0 saturated carbocycles. The highest BCUT2D eigenvalue weighted by Gasteiger charge is 2.19. The maximum atomic E-state index is 5.49. The van der Waals surface area contributed by atoms with Crippen LogP contribution in [0.4, 0.5) is 0 Å². The van der Waals surface area contributed by atoms with Gasteiger partial charge in [-0.3, -0.25) is 0 Å². The van der Waals surface area contributed by atoms with E-state index in [1.165, 1.54) is 6.26 Å². The van der Waals surface area contributed by atoms with E-state index in [1.54, 1.807) is 12.1 Å². The third-order valence-corrected chi connectivity index (χ3v) is 2.33. The Kier molecular flexibility index (Phi) is 2.60. The number of allylic oxidation sites excluding steroid dienone is 1. The van der Waals surface area contributed by atoms with Crippen LogP contribution in [0.25, 0.3) is 0 Å². The first kappa shape index (κ1) is 9.98. The van der Waals surface area contributed by atoms with E-state index < -0.39 is 6.29 Å². The zero-order chi connectivity index (χ0) is 10.8. The zero-order valence-electron chi connectivity index (χ0n) is 8.23. The zero-order valence-corrected chi connectivity index (χ0v) is 9.04. The van der Waals surface area contributed by atoms with Gasteiger partial charge in [0.05, 0.1) is 6.26 Å². The number of hydrogen-bond donors (Lipinski definition) is 0. The standard InChI is InChI=1S/C11H10O3S/c1-7-6-10(13-8(7)2)14-9-4-3-5-12-11(9)15/h3-6,10H,2H2,1H3. The topological polar surface area (TPSA) is 31.6 Å². The van der Waals surface area contributed by atoms with Gasteiger partial charge in [0.1, 0.15) is 5.76 Å². The molecule has 0 aliphatic carbocycles. The molecule has 1 aromatic rings. The Hall–Kier alpha value is -1.55. The van der Waals surface area contributed by atoms with Crippen LogP contribution in [0.15, 0.2) is 46.8 Å². The first-order valence-corrected chi connectivity index (χ1v) is 4.86. The highest BCUT2D eigenvalue weighted by Crippen LogP contribution is 2.24. The summed E-state index contributed by atoms with van der Waals surface area (Å²) >= 11 is 4.96. The Morgan fingerprint density at radius 2 is 2.33 bits per heavy atom. The van der Waals surface area contributed by atoms with Crippen LogP contribution in [0.2, 0.25) is 0 Å². The highest BCUT2D eigenvalue weighted by molar-refractivity contribution is 7.71. The lowest BCUT2D eigenvalue weighted by Crippen LogP contribution is -2.12. The van der Waals surface area contributed by atoms with Gasteiger partial charge in [-0.1, -0.05) is 6.58 Å². The van der Waals surface area contributed by atoms with Gasteiger partial charge in [-0.2, -0.15) is 0 Å². The molecule has 15 heavy (non-hydrogen) atoms. The van der Waals surface area contributed by atoms with Crippen molar-refractivity contribution in [3.63, 3.8) is 0 Å². The fraction of sp³-hybridized carbons (Fsp3) is 0.182. The third-order valence-electron chi connectivity index (χ3n) is 2.03. The summed E-state index contributed by atoms with van der Waals surface area (Å²) in [5, 5.41) is 0. The van der Waals surface area contributed by atoms with Gasteiger partial charge in [0.15, 0.2) is 5.75 Å². The second-order valence-corrected chi connectivity index (χ2v) is 3.51. The maximum absolute atomic E-state index is 5.49. The van der Waals surface area contributed by atoms with Crippen molar-refractivity contribution in [3.05, 3.63) is 47.1 Å². The van der Waals surface area contributed by atoms with Crippen LogP contribution >= 0.6 is 12.2 Å². The molecule has 1 unspecified atom stereocenters. The summed E-state index contributed by atoms with van der Waals surface area (Å²) in [6.45, 7) is 5.64. The highest BCUT2D eigenvalue weighted by atomic mass is 32.1. The predicted molar refractivity (Wildman–Crippen MR) is 57.9 cm³/mol. The van der Waals surface area contributed by atoms with Gasteiger partial charge in [0.25, 0.3) is 6.29 Å². The second-order valence-electron chi connectivity index (χ2n) is 3.14. The average Bonchev–Trinajstić information content (AvgIpc) is 2.50. The molecule has 2 heterocycles. The smallest absolute Gasteiger partial charge is 0.261 e. The summed E-state index contributed by atoms with van der Waals surface area (Å²) in [5.41, 5.74) is 0.971. The molecule has 1 atom stereocenters. The minimum atomic E-state index is -0.461. The number of rotatable bonds is 2. The molecule has 0 aromatic carbocycles. The molecule has 1 aliphatic heterocycles. The molecule has 78 valence electrons.